The average molecular weight is 226 g/mol. The SMILES string of the molecule is CNCC(C(C)C)N(C)CCC(F)(F)F. The van der Waals surface area contributed by atoms with Gasteiger partial charge in [0.25, 0.3) is 0 Å². The molecular formula is C10H21F3N2. The summed E-state index contributed by atoms with van der Waals surface area (Å²) >= 11 is 0. The number of rotatable bonds is 6. The van der Waals surface area contributed by atoms with Gasteiger partial charge in [0.15, 0.2) is 0 Å². The first kappa shape index (κ1) is 14.7. The molecule has 0 aliphatic rings. The molecule has 0 saturated heterocycles. The quantitative estimate of drug-likeness (QED) is 0.746. The molecule has 15 heavy (non-hydrogen) atoms. The van der Waals surface area contributed by atoms with E-state index in [1.165, 1.54) is 0 Å². The molecule has 0 saturated carbocycles. The molecule has 0 aromatic carbocycles. The van der Waals surface area contributed by atoms with Gasteiger partial charge >= 0.3 is 6.18 Å². The lowest BCUT2D eigenvalue weighted by Gasteiger charge is -2.31. The van der Waals surface area contributed by atoms with Crippen LogP contribution in [0.3, 0.4) is 0 Å². The van der Waals surface area contributed by atoms with Gasteiger partial charge in [-0.1, -0.05) is 13.8 Å². The van der Waals surface area contributed by atoms with Gasteiger partial charge in [-0.25, -0.2) is 0 Å². The van der Waals surface area contributed by atoms with Gasteiger partial charge in [-0.05, 0) is 20.0 Å². The smallest absolute Gasteiger partial charge is 0.318 e. The summed E-state index contributed by atoms with van der Waals surface area (Å²) in [5.41, 5.74) is 0. The third kappa shape index (κ3) is 6.73. The maximum atomic E-state index is 12.0. The van der Waals surface area contributed by atoms with Crippen LogP contribution in [0.4, 0.5) is 13.2 Å². The van der Waals surface area contributed by atoms with Crippen LogP contribution >= 0.6 is 0 Å². The minimum Gasteiger partial charge on any atom is -0.318 e. The van der Waals surface area contributed by atoms with Crippen molar-refractivity contribution in [1.82, 2.24) is 10.2 Å². The van der Waals surface area contributed by atoms with E-state index < -0.39 is 12.6 Å². The molecule has 0 bridgehead atoms. The van der Waals surface area contributed by atoms with Gasteiger partial charge in [0, 0.05) is 19.1 Å². The van der Waals surface area contributed by atoms with Crippen molar-refractivity contribution < 1.29 is 13.2 Å². The van der Waals surface area contributed by atoms with E-state index in [1.807, 2.05) is 20.9 Å². The van der Waals surface area contributed by atoms with Gasteiger partial charge in [0.2, 0.25) is 0 Å². The number of hydrogen-bond donors (Lipinski definition) is 1. The van der Waals surface area contributed by atoms with Crippen molar-refractivity contribution in [2.75, 3.05) is 27.2 Å². The summed E-state index contributed by atoms with van der Waals surface area (Å²) in [5, 5.41) is 3.00. The number of alkyl halides is 3. The van der Waals surface area contributed by atoms with E-state index in [0.717, 1.165) is 0 Å². The van der Waals surface area contributed by atoms with E-state index >= 15 is 0 Å². The Morgan fingerprint density at radius 1 is 1.27 bits per heavy atom. The van der Waals surface area contributed by atoms with Crippen LogP contribution in [0.25, 0.3) is 0 Å². The van der Waals surface area contributed by atoms with Crippen molar-refractivity contribution in [1.29, 1.82) is 0 Å². The molecule has 0 aliphatic carbocycles. The molecule has 0 fully saturated rings. The lowest BCUT2D eigenvalue weighted by Crippen LogP contribution is -2.43. The maximum absolute atomic E-state index is 12.0. The molecule has 0 amide bonds. The first-order valence-electron chi connectivity index (χ1n) is 5.19. The molecule has 0 heterocycles. The molecular weight excluding hydrogens is 205 g/mol. The summed E-state index contributed by atoms with van der Waals surface area (Å²) in [6.07, 6.45) is -4.80. The summed E-state index contributed by atoms with van der Waals surface area (Å²) in [6.45, 7) is 4.82. The molecule has 1 N–H and O–H groups in total. The molecule has 1 unspecified atom stereocenters. The second-order valence-corrected chi connectivity index (χ2v) is 4.21. The van der Waals surface area contributed by atoms with Crippen molar-refractivity contribution in [3.05, 3.63) is 0 Å². The fraction of sp³-hybridized carbons (Fsp3) is 1.00. The Bertz CT molecular complexity index is 169. The summed E-state index contributed by atoms with van der Waals surface area (Å²) in [5.74, 6) is 0.343. The molecule has 0 aliphatic heterocycles. The Hall–Kier alpha value is -0.290. The number of nitrogens with zero attached hydrogens (tertiary/aromatic N) is 1. The highest BCUT2D eigenvalue weighted by Crippen LogP contribution is 2.20. The number of likely N-dealkylation sites (N-methyl/N-ethyl adjacent to an activating group) is 2. The van der Waals surface area contributed by atoms with E-state index in [4.69, 9.17) is 0 Å². The van der Waals surface area contributed by atoms with Crippen molar-refractivity contribution in [2.45, 2.75) is 32.5 Å². The van der Waals surface area contributed by atoms with E-state index in [-0.39, 0.29) is 12.6 Å². The predicted octanol–water partition coefficient (Wildman–Crippen LogP) is 2.11. The highest BCUT2D eigenvalue weighted by atomic mass is 19.4. The molecule has 0 rings (SSSR count). The first-order chi connectivity index (χ1) is 6.78. The Kier molecular flexibility index (Phi) is 6.20. The van der Waals surface area contributed by atoms with Crippen molar-refractivity contribution >= 4 is 0 Å². The second kappa shape index (κ2) is 6.33. The van der Waals surface area contributed by atoms with Gasteiger partial charge in [-0.3, -0.25) is 0 Å². The lowest BCUT2D eigenvalue weighted by atomic mass is 10.0. The third-order valence-electron chi connectivity index (χ3n) is 2.50. The summed E-state index contributed by atoms with van der Waals surface area (Å²) < 4.78 is 36.1. The van der Waals surface area contributed by atoms with Crippen molar-refractivity contribution in [3.63, 3.8) is 0 Å². The van der Waals surface area contributed by atoms with E-state index in [9.17, 15) is 13.2 Å². The van der Waals surface area contributed by atoms with Gasteiger partial charge in [-0.15, -0.1) is 0 Å². The van der Waals surface area contributed by atoms with Gasteiger partial charge in [0.1, 0.15) is 0 Å². The molecule has 0 spiro atoms. The molecule has 0 radical (unpaired) electrons. The second-order valence-electron chi connectivity index (χ2n) is 4.21. The van der Waals surface area contributed by atoms with Crippen LogP contribution in [-0.2, 0) is 0 Å². The van der Waals surface area contributed by atoms with Crippen molar-refractivity contribution in [3.8, 4) is 0 Å². The fourth-order valence-electron chi connectivity index (χ4n) is 1.58. The van der Waals surface area contributed by atoms with Crippen LogP contribution in [-0.4, -0.2) is 44.3 Å². The van der Waals surface area contributed by atoms with Gasteiger partial charge in [-0.2, -0.15) is 13.2 Å². The van der Waals surface area contributed by atoms with Crippen molar-refractivity contribution in [2.24, 2.45) is 5.92 Å². The zero-order chi connectivity index (χ0) is 12.1. The van der Waals surface area contributed by atoms with Crippen LogP contribution in [0.5, 0.6) is 0 Å². The van der Waals surface area contributed by atoms with E-state index in [0.29, 0.717) is 12.5 Å². The van der Waals surface area contributed by atoms with Crippen LogP contribution < -0.4 is 5.32 Å². The number of halogens is 3. The van der Waals surface area contributed by atoms with E-state index in [2.05, 4.69) is 5.32 Å². The predicted molar refractivity (Wildman–Crippen MR) is 55.9 cm³/mol. The normalized spacial score (nSPS) is 15.0. The monoisotopic (exact) mass is 226 g/mol. The van der Waals surface area contributed by atoms with Gasteiger partial charge < -0.3 is 10.2 Å². The Labute approximate surface area is 89.8 Å². The van der Waals surface area contributed by atoms with Crippen LogP contribution in [0.1, 0.15) is 20.3 Å². The minimum atomic E-state index is -4.06. The number of nitrogens with one attached hydrogen (secondary N) is 1. The summed E-state index contributed by atoms with van der Waals surface area (Å²) in [4.78, 5) is 1.77. The zero-order valence-electron chi connectivity index (χ0n) is 9.86. The molecule has 1 atom stereocenters. The summed E-state index contributed by atoms with van der Waals surface area (Å²) in [6, 6.07) is 0.150. The fourth-order valence-corrected chi connectivity index (χ4v) is 1.58. The van der Waals surface area contributed by atoms with E-state index in [1.54, 1.807) is 11.9 Å². The topological polar surface area (TPSA) is 15.3 Å². The minimum absolute atomic E-state index is 0.0635. The standard InChI is InChI=1S/C10H21F3N2/c1-8(2)9(7-14-3)15(4)6-5-10(11,12)13/h8-9,14H,5-7H2,1-4H3. The Balaban J connectivity index is 4.08. The number of hydrogen-bond acceptors (Lipinski definition) is 2. The molecule has 92 valence electrons. The lowest BCUT2D eigenvalue weighted by molar-refractivity contribution is -0.138. The molecule has 0 aromatic heterocycles. The first-order valence-corrected chi connectivity index (χ1v) is 5.19. The highest BCUT2D eigenvalue weighted by Gasteiger charge is 2.28. The van der Waals surface area contributed by atoms with Crippen LogP contribution in [0.15, 0.2) is 0 Å². The summed E-state index contributed by atoms with van der Waals surface area (Å²) in [7, 11) is 3.56. The Morgan fingerprint density at radius 2 is 1.80 bits per heavy atom. The van der Waals surface area contributed by atoms with Crippen LogP contribution in [0, 0.1) is 5.92 Å². The molecule has 0 aromatic rings. The average Bonchev–Trinajstić information content (AvgIpc) is 2.08. The largest absolute Gasteiger partial charge is 0.390 e. The third-order valence-corrected chi connectivity index (χ3v) is 2.50. The molecule has 2 nitrogen and oxygen atoms in total. The molecule has 5 heteroatoms. The van der Waals surface area contributed by atoms with Crippen LogP contribution in [0.2, 0.25) is 0 Å². The van der Waals surface area contributed by atoms with Gasteiger partial charge in [0.05, 0.1) is 6.42 Å². The Morgan fingerprint density at radius 3 is 2.13 bits per heavy atom. The maximum Gasteiger partial charge on any atom is 0.390 e. The highest BCUT2D eigenvalue weighted by molar-refractivity contribution is 4.74. The zero-order valence-corrected chi connectivity index (χ0v) is 9.86.